The van der Waals surface area contributed by atoms with Crippen LogP contribution in [0.3, 0.4) is 0 Å². The molecule has 2 fully saturated rings. The lowest BCUT2D eigenvalue weighted by molar-refractivity contribution is 0.152. The Balaban J connectivity index is 1.90. The summed E-state index contributed by atoms with van der Waals surface area (Å²) in [6.07, 6.45) is 4.11. The van der Waals surface area contributed by atoms with Crippen LogP contribution in [0.1, 0.15) is 40.0 Å². The third-order valence-electron chi connectivity index (χ3n) is 4.18. The van der Waals surface area contributed by atoms with Crippen LogP contribution < -0.4 is 5.32 Å². The minimum atomic E-state index is 0.448. The van der Waals surface area contributed by atoms with Gasteiger partial charge in [-0.25, -0.2) is 0 Å². The molecule has 2 aliphatic heterocycles. The molecule has 0 saturated carbocycles. The van der Waals surface area contributed by atoms with Crippen molar-refractivity contribution in [2.45, 2.75) is 51.6 Å². The molecule has 0 bridgehead atoms. The quantitative estimate of drug-likeness (QED) is 0.725. The third kappa shape index (κ3) is 1.96. The Hall–Kier alpha value is -0.0800. The van der Waals surface area contributed by atoms with Gasteiger partial charge < -0.3 is 5.32 Å². The molecule has 0 aromatic rings. The van der Waals surface area contributed by atoms with E-state index in [2.05, 4.69) is 31.0 Å². The monoisotopic (exact) mass is 196 g/mol. The van der Waals surface area contributed by atoms with E-state index in [0.717, 1.165) is 12.0 Å². The lowest BCUT2D eigenvalue weighted by Crippen LogP contribution is -2.46. The van der Waals surface area contributed by atoms with Crippen LogP contribution in [-0.2, 0) is 0 Å². The summed E-state index contributed by atoms with van der Waals surface area (Å²) in [6, 6.07) is 0.743. The van der Waals surface area contributed by atoms with E-state index < -0.39 is 0 Å². The molecule has 0 spiro atoms. The summed E-state index contributed by atoms with van der Waals surface area (Å²) in [6.45, 7) is 10.9. The zero-order valence-electron chi connectivity index (χ0n) is 9.84. The topological polar surface area (TPSA) is 15.3 Å². The maximum atomic E-state index is 3.63. The highest BCUT2D eigenvalue weighted by Crippen LogP contribution is 2.29. The van der Waals surface area contributed by atoms with Gasteiger partial charge in [-0.1, -0.05) is 6.92 Å². The molecule has 1 N–H and O–H groups in total. The number of nitrogens with one attached hydrogen (secondary N) is 1. The van der Waals surface area contributed by atoms with E-state index in [1.165, 1.54) is 38.9 Å². The van der Waals surface area contributed by atoms with E-state index in [0.29, 0.717) is 5.54 Å². The SMILES string of the molecule is CC1CCNC1CN1CCCC1(C)C. The summed E-state index contributed by atoms with van der Waals surface area (Å²) in [5, 5.41) is 3.63. The van der Waals surface area contributed by atoms with E-state index in [1.807, 2.05) is 0 Å². The van der Waals surface area contributed by atoms with Crippen LogP contribution in [0.4, 0.5) is 0 Å². The van der Waals surface area contributed by atoms with E-state index in [9.17, 15) is 0 Å². The van der Waals surface area contributed by atoms with Crippen molar-refractivity contribution in [2.24, 2.45) is 5.92 Å². The van der Waals surface area contributed by atoms with Crippen LogP contribution in [0, 0.1) is 5.92 Å². The van der Waals surface area contributed by atoms with Crippen molar-refractivity contribution in [2.75, 3.05) is 19.6 Å². The van der Waals surface area contributed by atoms with Crippen molar-refractivity contribution in [3.05, 3.63) is 0 Å². The van der Waals surface area contributed by atoms with Crippen molar-refractivity contribution in [3.63, 3.8) is 0 Å². The fourth-order valence-corrected chi connectivity index (χ4v) is 2.88. The lowest BCUT2D eigenvalue weighted by atomic mass is 9.99. The summed E-state index contributed by atoms with van der Waals surface area (Å²) < 4.78 is 0. The van der Waals surface area contributed by atoms with Gasteiger partial charge in [0.2, 0.25) is 0 Å². The summed E-state index contributed by atoms with van der Waals surface area (Å²) in [7, 11) is 0. The zero-order chi connectivity index (χ0) is 10.2. The Bertz CT molecular complexity index is 200. The van der Waals surface area contributed by atoms with Gasteiger partial charge in [0, 0.05) is 18.1 Å². The first-order chi connectivity index (χ1) is 6.59. The van der Waals surface area contributed by atoms with Crippen molar-refractivity contribution < 1.29 is 0 Å². The van der Waals surface area contributed by atoms with Crippen molar-refractivity contribution >= 4 is 0 Å². The molecule has 0 aliphatic carbocycles. The predicted octanol–water partition coefficient (Wildman–Crippen LogP) is 1.86. The molecule has 0 aromatic carbocycles. The van der Waals surface area contributed by atoms with E-state index in [1.54, 1.807) is 0 Å². The maximum absolute atomic E-state index is 3.63. The Morgan fingerprint density at radius 2 is 2.21 bits per heavy atom. The van der Waals surface area contributed by atoms with Crippen LogP contribution in [0.5, 0.6) is 0 Å². The molecule has 82 valence electrons. The number of hydrogen-bond acceptors (Lipinski definition) is 2. The highest BCUT2D eigenvalue weighted by atomic mass is 15.2. The van der Waals surface area contributed by atoms with Crippen LogP contribution in [0.15, 0.2) is 0 Å². The fourth-order valence-electron chi connectivity index (χ4n) is 2.88. The van der Waals surface area contributed by atoms with Gasteiger partial charge in [0.05, 0.1) is 0 Å². The van der Waals surface area contributed by atoms with Crippen molar-refractivity contribution in [1.29, 1.82) is 0 Å². The van der Waals surface area contributed by atoms with Gasteiger partial charge in [-0.15, -0.1) is 0 Å². The Kier molecular flexibility index (Phi) is 2.85. The number of likely N-dealkylation sites (tertiary alicyclic amines) is 1. The summed E-state index contributed by atoms with van der Waals surface area (Å²) >= 11 is 0. The molecule has 2 heterocycles. The first-order valence-electron chi connectivity index (χ1n) is 6.08. The largest absolute Gasteiger partial charge is 0.312 e. The lowest BCUT2D eigenvalue weighted by Gasteiger charge is -2.34. The molecule has 2 nitrogen and oxygen atoms in total. The highest BCUT2D eigenvalue weighted by molar-refractivity contribution is 4.92. The third-order valence-corrected chi connectivity index (χ3v) is 4.18. The normalized spacial score (nSPS) is 37.9. The van der Waals surface area contributed by atoms with Crippen molar-refractivity contribution in [1.82, 2.24) is 10.2 Å². The van der Waals surface area contributed by atoms with Crippen molar-refractivity contribution in [3.8, 4) is 0 Å². The molecule has 2 aliphatic rings. The smallest absolute Gasteiger partial charge is 0.0221 e. The minimum Gasteiger partial charge on any atom is -0.312 e. The number of hydrogen-bond donors (Lipinski definition) is 1. The van der Waals surface area contributed by atoms with Gasteiger partial charge in [-0.2, -0.15) is 0 Å². The standard InChI is InChI=1S/C12H24N2/c1-10-5-7-13-11(10)9-14-8-4-6-12(14,2)3/h10-11,13H,4-9H2,1-3H3. The first-order valence-corrected chi connectivity index (χ1v) is 6.08. The first kappa shape index (κ1) is 10.4. The van der Waals surface area contributed by atoms with Crippen LogP contribution in [-0.4, -0.2) is 36.1 Å². The molecule has 0 aromatic heterocycles. The molecule has 2 heteroatoms. The van der Waals surface area contributed by atoms with Gasteiger partial charge in [-0.3, -0.25) is 4.90 Å². The van der Waals surface area contributed by atoms with E-state index >= 15 is 0 Å². The van der Waals surface area contributed by atoms with Crippen LogP contribution >= 0.6 is 0 Å². The Labute approximate surface area is 88.1 Å². The Morgan fingerprint density at radius 3 is 2.71 bits per heavy atom. The van der Waals surface area contributed by atoms with Gasteiger partial charge in [0.15, 0.2) is 0 Å². The molecule has 2 rings (SSSR count). The number of nitrogens with zero attached hydrogens (tertiary/aromatic N) is 1. The average molecular weight is 196 g/mol. The Morgan fingerprint density at radius 1 is 1.43 bits per heavy atom. The predicted molar refractivity (Wildman–Crippen MR) is 60.5 cm³/mol. The zero-order valence-corrected chi connectivity index (χ0v) is 9.84. The van der Waals surface area contributed by atoms with Crippen LogP contribution in [0.2, 0.25) is 0 Å². The minimum absolute atomic E-state index is 0.448. The molecule has 2 atom stereocenters. The molecule has 0 amide bonds. The second-order valence-corrected chi connectivity index (χ2v) is 5.69. The second kappa shape index (κ2) is 3.82. The average Bonchev–Trinajstić information content (AvgIpc) is 2.62. The maximum Gasteiger partial charge on any atom is 0.0221 e. The summed E-state index contributed by atoms with van der Waals surface area (Å²) in [5.41, 5.74) is 0.448. The molecule has 0 radical (unpaired) electrons. The second-order valence-electron chi connectivity index (χ2n) is 5.69. The molecular formula is C12H24N2. The van der Waals surface area contributed by atoms with Crippen LogP contribution in [0.25, 0.3) is 0 Å². The molecule has 14 heavy (non-hydrogen) atoms. The summed E-state index contributed by atoms with van der Waals surface area (Å²) in [5.74, 6) is 0.867. The molecule has 2 unspecified atom stereocenters. The van der Waals surface area contributed by atoms with E-state index in [4.69, 9.17) is 0 Å². The highest BCUT2D eigenvalue weighted by Gasteiger charge is 2.35. The van der Waals surface area contributed by atoms with Gasteiger partial charge in [0.25, 0.3) is 0 Å². The molecule has 2 saturated heterocycles. The van der Waals surface area contributed by atoms with Gasteiger partial charge >= 0.3 is 0 Å². The van der Waals surface area contributed by atoms with Gasteiger partial charge in [-0.05, 0) is 52.1 Å². The fraction of sp³-hybridized carbons (Fsp3) is 1.00. The summed E-state index contributed by atoms with van der Waals surface area (Å²) in [4.78, 5) is 2.67. The number of rotatable bonds is 2. The van der Waals surface area contributed by atoms with E-state index in [-0.39, 0.29) is 0 Å². The molecular weight excluding hydrogens is 172 g/mol. The van der Waals surface area contributed by atoms with Gasteiger partial charge in [0.1, 0.15) is 0 Å².